The zero-order valence-electron chi connectivity index (χ0n) is 12.4. The fourth-order valence-corrected chi connectivity index (χ4v) is 3.75. The van der Waals surface area contributed by atoms with E-state index in [1.165, 1.54) is 18.2 Å². The van der Waals surface area contributed by atoms with Gasteiger partial charge >= 0.3 is 15.6 Å². The average Bonchev–Trinajstić information content (AvgIpc) is 2.83. The maximum Gasteiger partial charge on any atom is 0.534 e. The summed E-state index contributed by atoms with van der Waals surface area (Å²) >= 11 is 0. The second-order valence-corrected chi connectivity index (χ2v) is 8.61. The minimum atomic E-state index is -6.00. The minimum absolute atomic E-state index is 0.0297. The van der Waals surface area contributed by atoms with Crippen LogP contribution in [0.25, 0.3) is 11.1 Å². The molecule has 12 heteroatoms. The summed E-state index contributed by atoms with van der Waals surface area (Å²) in [5, 5.41) is 0. The molecule has 3 rings (SSSR count). The van der Waals surface area contributed by atoms with E-state index in [1.807, 2.05) is 0 Å². The second kappa shape index (κ2) is 5.84. The molecule has 2 aromatic rings. The van der Waals surface area contributed by atoms with E-state index in [0.29, 0.717) is 5.56 Å². The van der Waals surface area contributed by atoms with Gasteiger partial charge in [0.2, 0.25) is 9.84 Å². The van der Waals surface area contributed by atoms with Gasteiger partial charge in [-0.2, -0.15) is 21.6 Å². The molecule has 1 heterocycles. The Labute approximate surface area is 145 Å². The van der Waals surface area contributed by atoms with Crippen molar-refractivity contribution in [2.24, 2.45) is 0 Å². The molecule has 26 heavy (non-hydrogen) atoms. The number of hydrogen-bond acceptors (Lipinski definition) is 6. The molecule has 140 valence electrons. The molecule has 0 fully saturated rings. The van der Waals surface area contributed by atoms with Crippen LogP contribution < -0.4 is 8.92 Å². The molecule has 0 amide bonds. The Morgan fingerprint density at radius 1 is 1.04 bits per heavy atom. The fourth-order valence-electron chi connectivity index (χ4n) is 2.18. The summed E-state index contributed by atoms with van der Waals surface area (Å²) in [5.41, 5.74) is -5.24. The predicted molar refractivity (Wildman–Crippen MR) is 80.1 cm³/mol. The van der Waals surface area contributed by atoms with Crippen LogP contribution in [0.15, 0.2) is 41.3 Å². The monoisotopic (exact) mass is 412 g/mol. The van der Waals surface area contributed by atoms with E-state index in [9.17, 15) is 34.4 Å². The van der Waals surface area contributed by atoms with Crippen molar-refractivity contribution in [2.75, 3.05) is 5.94 Å². The second-order valence-electron chi connectivity index (χ2n) is 5.17. The van der Waals surface area contributed by atoms with Crippen molar-refractivity contribution in [1.82, 2.24) is 0 Å². The van der Waals surface area contributed by atoms with Gasteiger partial charge < -0.3 is 8.92 Å². The van der Waals surface area contributed by atoms with E-state index >= 15 is 0 Å². The molecule has 1 aliphatic heterocycles. The molecule has 0 radical (unpaired) electrons. The number of hydrogen-bond donors (Lipinski definition) is 0. The number of sulfone groups is 1. The molecule has 6 nitrogen and oxygen atoms in total. The van der Waals surface area contributed by atoms with Gasteiger partial charge in [-0.1, -0.05) is 12.1 Å². The van der Waals surface area contributed by atoms with Crippen molar-refractivity contribution in [3.8, 4) is 22.6 Å². The van der Waals surface area contributed by atoms with Gasteiger partial charge in [-0.15, -0.1) is 0 Å². The van der Waals surface area contributed by atoms with Crippen LogP contribution in [0, 0.1) is 5.82 Å². The SMILES string of the molecule is O=S1(=O)COc2cc(-c3ccc(OS(=O)(=O)C(F)(F)F)c(F)c3)ccc21. The van der Waals surface area contributed by atoms with Crippen LogP contribution in [0.1, 0.15) is 0 Å². The van der Waals surface area contributed by atoms with Gasteiger partial charge in [-0.25, -0.2) is 12.8 Å². The van der Waals surface area contributed by atoms with Crippen LogP contribution in [0.2, 0.25) is 0 Å². The van der Waals surface area contributed by atoms with Crippen molar-refractivity contribution in [3.63, 3.8) is 0 Å². The summed E-state index contributed by atoms with van der Waals surface area (Å²) in [5.74, 6) is -2.93. The number of fused-ring (bicyclic) bond motifs is 1. The predicted octanol–water partition coefficient (Wildman–Crippen LogP) is 2.84. The van der Waals surface area contributed by atoms with Crippen LogP contribution in [-0.4, -0.2) is 28.3 Å². The maximum absolute atomic E-state index is 14.0. The summed E-state index contributed by atoms with van der Waals surface area (Å²) < 4.78 is 105. The van der Waals surface area contributed by atoms with Crippen LogP contribution in [-0.2, 0) is 20.0 Å². The number of alkyl halides is 3. The Balaban J connectivity index is 1.94. The van der Waals surface area contributed by atoms with Crippen molar-refractivity contribution in [1.29, 1.82) is 0 Å². The molecule has 0 saturated heterocycles. The van der Waals surface area contributed by atoms with Crippen LogP contribution in [0.5, 0.6) is 11.5 Å². The van der Waals surface area contributed by atoms with E-state index in [1.54, 1.807) is 0 Å². The summed E-state index contributed by atoms with van der Waals surface area (Å²) in [7, 11) is -9.54. The third kappa shape index (κ3) is 3.21. The van der Waals surface area contributed by atoms with Crippen molar-refractivity contribution in [2.45, 2.75) is 10.4 Å². The van der Waals surface area contributed by atoms with Gasteiger partial charge in [0.25, 0.3) is 0 Å². The molecule has 0 unspecified atom stereocenters. The standard InChI is InChI=1S/C14H8F4O6S2/c15-10-5-8(1-3-11(10)24-26(21,22)14(16,17)18)9-2-4-13-12(6-9)23-7-25(13,19)20/h1-6H,7H2. The molecule has 0 aromatic heterocycles. The highest BCUT2D eigenvalue weighted by atomic mass is 32.2. The molecular weight excluding hydrogens is 404 g/mol. The number of rotatable bonds is 3. The lowest BCUT2D eigenvalue weighted by Gasteiger charge is -2.11. The minimum Gasteiger partial charge on any atom is -0.476 e. The fraction of sp³-hybridized carbons (Fsp3) is 0.143. The smallest absolute Gasteiger partial charge is 0.476 e. The molecule has 0 spiro atoms. The quantitative estimate of drug-likeness (QED) is 0.438. The highest BCUT2D eigenvalue weighted by molar-refractivity contribution is 7.91. The van der Waals surface area contributed by atoms with E-state index in [2.05, 4.69) is 4.18 Å². The first-order chi connectivity index (χ1) is 11.9. The Morgan fingerprint density at radius 2 is 1.65 bits per heavy atom. The lowest BCUT2D eigenvalue weighted by Crippen LogP contribution is -2.28. The molecule has 0 N–H and O–H groups in total. The lowest BCUT2D eigenvalue weighted by molar-refractivity contribution is -0.0500. The van der Waals surface area contributed by atoms with Gasteiger partial charge in [0.05, 0.1) is 0 Å². The largest absolute Gasteiger partial charge is 0.534 e. The highest BCUT2D eigenvalue weighted by Gasteiger charge is 2.48. The van der Waals surface area contributed by atoms with Gasteiger partial charge in [0, 0.05) is 0 Å². The van der Waals surface area contributed by atoms with Gasteiger partial charge in [-0.05, 0) is 35.4 Å². The Hall–Kier alpha value is -2.34. The number of ether oxygens (including phenoxy) is 1. The molecule has 2 aromatic carbocycles. The van der Waals surface area contributed by atoms with Crippen LogP contribution in [0.4, 0.5) is 17.6 Å². The molecule has 0 aliphatic carbocycles. The average molecular weight is 412 g/mol. The van der Waals surface area contributed by atoms with Gasteiger partial charge in [-0.3, -0.25) is 0 Å². The van der Waals surface area contributed by atoms with E-state index in [-0.39, 0.29) is 16.2 Å². The Bertz CT molecular complexity index is 1090. The van der Waals surface area contributed by atoms with Crippen molar-refractivity contribution in [3.05, 3.63) is 42.2 Å². The van der Waals surface area contributed by atoms with E-state index < -0.39 is 43.0 Å². The number of halogens is 4. The van der Waals surface area contributed by atoms with Crippen molar-refractivity contribution >= 4 is 20.0 Å². The van der Waals surface area contributed by atoms with Crippen LogP contribution in [0.3, 0.4) is 0 Å². The first-order valence-corrected chi connectivity index (χ1v) is 9.77. The summed E-state index contributed by atoms with van der Waals surface area (Å²) in [6, 6.07) is 6.53. The van der Waals surface area contributed by atoms with Gasteiger partial charge in [0.1, 0.15) is 10.6 Å². The highest BCUT2D eigenvalue weighted by Crippen LogP contribution is 2.36. The third-order valence-corrected chi connectivity index (χ3v) is 5.80. The third-order valence-electron chi connectivity index (χ3n) is 3.40. The molecular formula is C14H8F4O6S2. The Morgan fingerprint density at radius 3 is 2.27 bits per heavy atom. The topological polar surface area (TPSA) is 86.7 Å². The number of benzene rings is 2. The zero-order valence-corrected chi connectivity index (χ0v) is 14.1. The molecule has 1 aliphatic rings. The van der Waals surface area contributed by atoms with Gasteiger partial charge in [0.15, 0.2) is 17.5 Å². The van der Waals surface area contributed by atoms with Crippen molar-refractivity contribution < 1.29 is 43.3 Å². The molecule has 0 bridgehead atoms. The molecule has 0 atom stereocenters. The Kier molecular flexibility index (Phi) is 4.15. The first-order valence-electron chi connectivity index (χ1n) is 6.71. The lowest BCUT2D eigenvalue weighted by atomic mass is 10.1. The summed E-state index contributed by atoms with van der Waals surface area (Å²) in [6.45, 7) is 0. The normalized spacial score (nSPS) is 16.0. The summed E-state index contributed by atoms with van der Waals surface area (Å²) in [6.07, 6.45) is 0. The molecule has 0 saturated carbocycles. The van der Waals surface area contributed by atoms with Crippen LogP contribution >= 0.6 is 0 Å². The summed E-state index contributed by atoms with van der Waals surface area (Å²) in [4.78, 5) is -0.0297. The maximum atomic E-state index is 14.0. The van der Waals surface area contributed by atoms with E-state index in [4.69, 9.17) is 4.74 Å². The first kappa shape index (κ1) is 18.5. The van der Waals surface area contributed by atoms with E-state index in [0.717, 1.165) is 18.2 Å². The zero-order chi connectivity index (χ0) is 19.3.